The number of hydrogen-bond acceptors (Lipinski definition) is 8. The second kappa shape index (κ2) is 17.9. The van der Waals surface area contributed by atoms with Gasteiger partial charge in [-0.05, 0) is 44.6 Å². The molecular formula is C22H43N9O6. The molecule has 0 spiro atoms. The van der Waals surface area contributed by atoms with Crippen LogP contribution in [0, 0.1) is 5.92 Å². The number of primary amides is 1. The minimum Gasteiger partial charge on any atom is -0.480 e. The van der Waals surface area contributed by atoms with Crippen LogP contribution in [0.4, 0.5) is 0 Å². The Hall–Kier alpha value is -3.46. The van der Waals surface area contributed by atoms with Gasteiger partial charge in [-0.2, -0.15) is 0 Å². The highest BCUT2D eigenvalue weighted by Crippen LogP contribution is 2.10. The number of carboxylic acids is 1. The van der Waals surface area contributed by atoms with Gasteiger partial charge in [-0.15, -0.1) is 0 Å². The summed E-state index contributed by atoms with van der Waals surface area (Å²) in [5.41, 5.74) is 26.9. The molecule has 15 heteroatoms. The van der Waals surface area contributed by atoms with Crippen molar-refractivity contribution in [3.8, 4) is 0 Å². The van der Waals surface area contributed by atoms with Crippen LogP contribution in [-0.4, -0.2) is 77.9 Å². The van der Waals surface area contributed by atoms with Gasteiger partial charge in [0.1, 0.15) is 18.1 Å². The lowest BCUT2D eigenvalue weighted by Crippen LogP contribution is -2.57. The number of aliphatic imine (C=N–C) groups is 1. The SMILES string of the molecule is CCC(C)C(NC(=O)C(CCCCN)NC(=O)C(CCCN=C(N)N)NC(=O)C(N)CC(N)=O)C(=O)O. The van der Waals surface area contributed by atoms with Crippen molar-refractivity contribution in [3.63, 3.8) is 0 Å². The molecule has 0 fully saturated rings. The Kier molecular flexibility index (Phi) is 16.2. The molecule has 212 valence electrons. The first kappa shape index (κ1) is 33.5. The van der Waals surface area contributed by atoms with E-state index in [2.05, 4.69) is 20.9 Å². The molecular weight excluding hydrogens is 486 g/mol. The molecule has 0 bridgehead atoms. The molecule has 15 nitrogen and oxygen atoms in total. The van der Waals surface area contributed by atoms with Crippen LogP contribution >= 0.6 is 0 Å². The van der Waals surface area contributed by atoms with Gasteiger partial charge >= 0.3 is 5.97 Å². The molecule has 0 heterocycles. The van der Waals surface area contributed by atoms with Crippen LogP contribution in [0.2, 0.25) is 0 Å². The molecule has 0 radical (unpaired) electrons. The van der Waals surface area contributed by atoms with Crippen molar-refractivity contribution in [2.45, 2.75) is 83.0 Å². The van der Waals surface area contributed by atoms with Gasteiger partial charge in [0.15, 0.2) is 5.96 Å². The predicted molar refractivity (Wildman–Crippen MR) is 137 cm³/mol. The van der Waals surface area contributed by atoms with E-state index in [0.717, 1.165) is 0 Å². The number of nitrogens with zero attached hydrogens (tertiary/aromatic N) is 1. The second-order valence-corrected chi connectivity index (χ2v) is 8.84. The van der Waals surface area contributed by atoms with Gasteiger partial charge < -0.3 is 49.7 Å². The van der Waals surface area contributed by atoms with E-state index in [0.29, 0.717) is 32.2 Å². The lowest BCUT2D eigenvalue weighted by molar-refractivity contribution is -0.144. The summed E-state index contributed by atoms with van der Waals surface area (Å²) in [5, 5.41) is 17.1. The van der Waals surface area contributed by atoms with Crippen LogP contribution in [-0.2, 0) is 24.0 Å². The zero-order valence-electron chi connectivity index (χ0n) is 21.6. The minimum atomic E-state index is -1.28. The summed E-state index contributed by atoms with van der Waals surface area (Å²) in [6.45, 7) is 4.03. The monoisotopic (exact) mass is 529 g/mol. The largest absolute Gasteiger partial charge is 0.480 e. The van der Waals surface area contributed by atoms with Crippen molar-refractivity contribution in [2.75, 3.05) is 13.1 Å². The van der Waals surface area contributed by atoms with Gasteiger partial charge in [0.2, 0.25) is 23.6 Å². The fraction of sp³-hybridized carbons (Fsp3) is 0.727. The number of carboxylic acid groups (broad SMARTS) is 1. The van der Waals surface area contributed by atoms with Crippen LogP contribution in [0.3, 0.4) is 0 Å². The number of aliphatic carboxylic acids is 1. The average molecular weight is 530 g/mol. The van der Waals surface area contributed by atoms with Crippen molar-refractivity contribution in [1.82, 2.24) is 16.0 Å². The van der Waals surface area contributed by atoms with E-state index in [1.165, 1.54) is 0 Å². The van der Waals surface area contributed by atoms with Crippen LogP contribution in [0.5, 0.6) is 0 Å². The van der Waals surface area contributed by atoms with E-state index < -0.39 is 60.2 Å². The zero-order valence-corrected chi connectivity index (χ0v) is 21.6. The van der Waals surface area contributed by atoms with Gasteiger partial charge in [0.05, 0.1) is 12.5 Å². The maximum absolute atomic E-state index is 13.1. The summed E-state index contributed by atoms with van der Waals surface area (Å²) in [6, 6.07) is -4.65. The number of carbonyl (C=O) groups is 5. The molecule has 37 heavy (non-hydrogen) atoms. The van der Waals surface area contributed by atoms with Crippen molar-refractivity contribution in [1.29, 1.82) is 0 Å². The third-order valence-corrected chi connectivity index (χ3v) is 5.69. The molecule has 0 aromatic carbocycles. The zero-order chi connectivity index (χ0) is 28.5. The quantitative estimate of drug-likeness (QED) is 0.0463. The lowest BCUT2D eigenvalue weighted by Gasteiger charge is -2.26. The standard InChI is InChI=1S/C22H43N9O6/c1-3-12(2)17(21(36)37)31-20(35)14(7-4-5-9-23)30-19(34)15(8-6-10-28-22(26)27)29-18(33)13(24)11-16(25)32/h12-15,17H,3-11,23-24H2,1-2H3,(H2,25,32)(H,29,33)(H,30,34)(H,31,35)(H,36,37)(H4,26,27,28). The lowest BCUT2D eigenvalue weighted by atomic mass is 9.98. The van der Waals surface area contributed by atoms with E-state index >= 15 is 0 Å². The van der Waals surface area contributed by atoms with Gasteiger partial charge in [0, 0.05) is 6.54 Å². The molecule has 0 aromatic rings. The third kappa shape index (κ3) is 14.0. The van der Waals surface area contributed by atoms with Gasteiger partial charge in [-0.25, -0.2) is 4.79 Å². The maximum atomic E-state index is 13.1. The Bertz CT molecular complexity index is 804. The first-order valence-corrected chi connectivity index (χ1v) is 12.3. The highest BCUT2D eigenvalue weighted by atomic mass is 16.4. The van der Waals surface area contributed by atoms with E-state index in [-0.39, 0.29) is 31.3 Å². The van der Waals surface area contributed by atoms with E-state index in [1.54, 1.807) is 13.8 Å². The summed E-state index contributed by atoms with van der Waals surface area (Å²) in [7, 11) is 0. The number of unbranched alkanes of at least 4 members (excludes halogenated alkanes) is 1. The van der Waals surface area contributed by atoms with Crippen LogP contribution < -0.4 is 44.6 Å². The van der Waals surface area contributed by atoms with E-state index in [9.17, 15) is 29.1 Å². The molecule has 0 aliphatic carbocycles. The molecule has 4 amide bonds. The van der Waals surface area contributed by atoms with Gasteiger partial charge in [0.25, 0.3) is 0 Å². The maximum Gasteiger partial charge on any atom is 0.326 e. The van der Waals surface area contributed by atoms with Crippen molar-refractivity contribution in [2.24, 2.45) is 39.6 Å². The number of carbonyl (C=O) groups excluding carboxylic acids is 4. The summed E-state index contributed by atoms with van der Waals surface area (Å²) < 4.78 is 0. The van der Waals surface area contributed by atoms with Crippen LogP contribution in [0.15, 0.2) is 4.99 Å². The molecule has 5 unspecified atom stereocenters. The second-order valence-electron chi connectivity index (χ2n) is 8.84. The Morgan fingerprint density at radius 2 is 1.41 bits per heavy atom. The highest BCUT2D eigenvalue weighted by Gasteiger charge is 2.31. The number of nitrogens with one attached hydrogen (secondary N) is 3. The molecule has 14 N–H and O–H groups in total. The Morgan fingerprint density at radius 3 is 1.89 bits per heavy atom. The first-order valence-electron chi connectivity index (χ1n) is 12.3. The third-order valence-electron chi connectivity index (χ3n) is 5.69. The molecule has 0 saturated heterocycles. The smallest absolute Gasteiger partial charge is 0.326 e. The van der Waals surface area contributed by atoms with Crippen molar-refractivity contribution >= 4 is 35.6 Å². The molecule has 0 saturated carbocycles. The Morgan fingerprint density at radius 1 is 0.865 bits per heavy atom. The molecule has 0 aromatic heterocycles. The Balaban J connectivity index is 5.69. The molecule has 0 aliphatic heterocycles. The molecule has 5 atom stereocenters. The van der Waals surface area contributed by atoms with Crippen molar-refractivity contribution in [3.05, 3.63) is 0 Å². The summed E-state index contributed by atoms with van der Waals surface area (Å²) in [4.78, 5) is 65.2. The fourth-order valence-electron chi connectivity index (χ4n) is 3.33. The predicted octanol–water partition coefficient (Wildman–Crippen LogP) is -3.04. The number of amides is 4. The van der Waals surface area contributed by atoms with Gasteiger partial charge in [-0.3, -0.25) is 24.2 Å². The van der Waals surface area contributed by atoms with E-state index in [4.69, 9.17) is 28.7 Å². The Labute approximate surface area is 216 Å². The fourth-order valence-corrected chi connectivity index (χ4v) is 3.33. The van der Waals surface area contributed by atoms with E-state index in [1.807, 2.05) is 0 Å². The number of nitrogens with two attached hydrogens (primary N) is 5. The topological polar surface area (TPSA) is 284 Å². The van der Waals surface area contributed by atoms with Crippen LogP contribution in [0.25, 0.3) is 0 Å². The number of rotatable bonds is 19. The average Bonchev–Trinajstić information content (AvgIpc) is 2.82. The highest BCUT2D eigenvalue weighted by molar-refractivity contribution is 5.95. The summed E-state index contributed by atoms with van der Waals surface area (Å²) >= 11 is 0. The first-order chi connectivity index (χ1) is 17.3. The normalized spacial score (nSPS) is 14.8. The van der Waals surface area contributed by atoms with Crippen molar-refractivity contribution < 1.29 is 29.1 Å². The summed E-state index contributed by atoms with van der Waals surface area (Å²) in [5.74, 6) is -4.63. The van der Waals surface area contributed by atoms with Gasteiger partial charge in [-0.1, -0.05) is 20.3 Å². The number of guanidine groups is 1. The summed E-state index contributed by atoms with van der Waals surface area (Å²) in [6.07, 6.45) is 1.72. The molecule has 0 rings (SSSR count). The minimum absolute atomic E-state index is 0.0827. The van der Waals surface area contributed by atoms with Crippen LogP contribution in [0.1, 0.15) is 58.8 Å². The molecule has 0 aliphatic rings. The number of hydrogen-bond donors (Lipinski definition) is 9.